The molecule has 126 valence electrons. The molecule has 0 bridgehead atoms. The molecule has 7 heteroatoms. The molecule has 0 N–H and O–H groups in total. The number of esters is 1. The highest BCUT2D eigenvalue weighted by molar-refractivity contribution is 9.11. The van der Waals surface area contributed by atoms with Crippen molar-refractivity contribution in [2.75, 3.05) is 20.8 Å². The quantitative estimate of drug-likeness (QED) is 0.392. The summed E-state index contributed by atoms with van der Waals surface area (Å²) in [5.41, 5.74) is 0.748. The molecule has 0 unspecified atom stereocenters. The Morgan fingerprint density at radius 1 is 1.12 bits per heavy atom. The minimum Gasteiger partial charge on any atom is -0.493 e. The average molecular weight is 411 g/mol. The number of thiophene rings is 1. The topological polar surface area (TPSA) is 61.8 Å². The summed E-state index contributed by atoms with van der Waals surface area (Å²) in [4.78, 5) is 24.1. The van der Waals surface area contributed by atoms with Crippen LogP contribution in [-0.4, -0.2) is 32.6 Å². The number of ether oxygens (including phenoxy) is 3. The van der Waals surface area contributed by atoms with Gasteiger partial charge in [-0.25, -0.2) is 4.79 Å². The Morgan fingerprint density at radius 2 is 1.88 bits per heavy atom. The summed E-state index contributed by atoms with van der Waals surface area (Å²) < 4.78 is 16.1. The Morgan fingerprint density at radius 3 is 2.50 bits per heavy atom. The van der Waals surface area contributed by atoms with Gasteiger partial charge in [0.2, 0.25) is 5.78 Å². The molecule has 1 heterocycles. The molecule has 0 aliphatic rings. The van der Waals surface area contributed by atoms with E-state index in [1.165, 1.54) is 24.5 Å². The van der Waals surface area contributed by atoms with Crippen LogP contribution in [-0.2, 0) is 9.53 Å². The van der Waals surface area contributed by atoms with E-state index in [4.69, 9.17) is 14.2 Å². The van der Waals surface area contributed by atoms with Gasteiger partial charge in [0, 0.05) is 6.08 Å². The Balaban J connectivity index is 1.92. The Hall–Kier alpha value is -2.12. The van der Waals surface area contributed by atoms with Gasteiger partial charge in [-0.1, -0.05) is 6.07 Å². The first-order valence-corrected chi connectivity index (χ1v) is 8.50. The lowest BCUT2D eigenvalue weighted by atomic mass is 10.2. The van der Waals surface area contributed by atoms with Gasteiger partial charge in [-0.05, 0) is 51.8 Å². The number of carbonyl (C=O) groups is 2. The highest BCUT2D eigenvalue weighted by Gasteiger charge is 2.11. The smallest absolute Gasteiger partial charge is 0.331 e. The average Bonchev–Trinajstić information content (AvgIpc) is 3.04. The maximum atomic E-state index is 11.8. The van der Waals surface area contributed by atoms with Gasteiger partial charge in [0.05, 0.1) is 22.9 Å². The zero-order chi connectivity index (χ0) is 17.5. The van der Waals surface area contributed by atoms with Gasteiger partial charge in [-0.2, -0.15) is 0 Å². The molecule has 2 rings (SSSR count). The van der Waals surface area contributed by atoms with Crippen LogP contribution < -0.4 is 9.47 Å². The van der Waals surface area contributed by atoms with Crippen LogP contribution >= 0.6 is 27.3 Å². The second-order valence-electron chi connectivity index (χ2n) is 4.58. The van der Waals surface area contributed by atoms with Gasteiger partial charge in [-0.15, -0.1) is 11.3 Å². The van der Waals surface area contributed by atoms with Gasteiger partial charge < -0.3 is 14.2 Å². The summed E-state index contributed by atoms with van der Waals surface area (Å²) in [6.45, 7) is -0.290. The normalized spacial score (nSPS) is 10.6. The molecule has 0 amide bonds. The number of Topliss-reactive ketones (excluding diaryl/α,β-unsaturated/α-hetero) is 1. The summed E-state index contributed by atoms with van der Waals surface area (Å²) in [6, 6.07) is 8.71. The highest BCUT2D eigenvalue weighted by atomic mass is 79.9. The molecule has 24 heavy (non-hydrogen) atoms. The largest absolute Gasteiger partial charge is 0.493 e. The van der Waals surface area contributed by atoms with Crippen molar-refractivity contribution in [3.05, 3.63) is 50.6 Å². The molecule has 0 radical (unpaired) electrons. The Kier molecular flexibility index (Phi) is 6.57. The van der Waals surface area contributed by atoms with Gasteiger partial charge >= 0.3 is 5.97 Å². The number of rotatable bonds is 7. The molecule has 0 aliphatic heterocycles. The fourth-order valence-corrected chi connectivity index (χ4v) is 3.15. The van der Waals surface area contributed by atoms with Gasteiger partial charge in [-0.3, -0.25) is 4.79 Å². The molecule has 5 nitrogen and oxygen atoms in total. The highest BCUT2D eigenvalue weighted by Crippen LogP contribution is 2.28. The fourth-order valence-electron chi connectivity index (χ4n) is 1.84. The Bertz CT molecular complexity index is 766. The molecule has 0 spiro atoms. The molecule has 0 aliphatic carbocycles. The van der Waals surface area contributed by atoms with Crippen molar-refractivity contribution in [2.45, 2.75) is 0 Å². The summed E-state index contributed by atoms with van der Waals surface area (Å²) in [7, 11) is 3.09. The number of carbonyl (C=O) groups excluding carboxylic acids is 2. The van der Waals surface area contributed by atoms with Crippen LogP contribution in [0.2, 0.25) is 0 Å². The molecule has 1 aromatic carbocycles. The lowest BCUT2D eigenvalue weighted by Crippen LogP contribution is -2.11. The van der Waals surface area contributed by atoms with Crippen molar-refractivity contribution in [3.63, 3.8) is 0 Å². The Labute approximate surface area is 152 Å². The van der Waals surface area contributed by atoms with E-state index in [2.05, 4.69) is 15.9 Å². The molecule has 0 atom stereocenters. The second-order valence-corrected chi connectivity index (χ2v) is 7.05. The molecule has 0 saturated carbocycles. The van der Waals surface area contributed by atoms with E-state index >= 15 is 0 Å². The molecular weight excluding hydrogens is 396 g/mol. The molecule has 1 aromatic heterocycles. The van der Waals surface area contributed by atoms with Crippen molar-refractivity contribution in [2.24, 2.45) is 0 Å². The number of hydrogen-bond acceptors (Lipinski definition) is 6. The predicted octanol–water partition coefficient (Wildman–Crippen LogP) is 3.97. The van der Waals surface area contributed by atoms with Crippen LogP contribution in [0.15, 0.2) is 40.2 Å². The van der Waals surface area contributed by atoms with E-state index in [1.807, 2.05) is 0 Å². The maximum Gasteiger partial charge on any atom is 0.331 e. The van der Waals surface area contributed by atoms with Crippen LogP contribution in [0.25, 0.3) is 6.08 Å². The summed E-state index contributed by atoms with van der Waals surface area (Å²) in [5, 5.41) is 0. The second kappa shape index (κ2) is 8.65. The standard InChI is InChI=1S/C17H15BrO5S/c1-21-13-5-3-11(9-14(13)22-2)4-8-17(20)23-10-12(19)15-6-7-16(18)24-15/h3-9H,10H2,1-2H3/b8-4+. The van der Waals surface area contributed by atoms with E-state index in [-0.39, 0.29) is 12.4 Å². The minimum absolute atomic E-state index is 0.237. The third-order valence-corrected chi connectivity index (χ3v) is 4.68. The number of halogens is 1. The maximum absolute atomic E-state index is 11.8. The van der Waals surface area contributed by atoms with Crippen molar-refractivity contribution in [1.29, 1.82) is 0 Å². The van der Waals surface area contributed by atoms with E-state index in [0.717, 1.165) is 9.35 Å². The number of methoxy groups -OCH3 is 2. The zero-order valence-corrected chi connectivity index (χ0v) is 15.5. The van der Waals surface area contributed by atoms with Gasteiger partial charge in [0.25, 0.3) is 0 Å². The minimum atomic E-state index is -0.589. The predicted molar refractivity (Wildman–Crippen MR) is 95.9 cm³/mol. The first-order chi connectivity index (χ1) is 11.5. The molecule has 0 saturated heterocycles. The summed E-state index contributed by atoms with van der Waals surface area (Å²) in [5.74, 6) is 0.337. The monoisotopic (exact) mass is 410 g/mol. The van der Waals surface area contributed by atoms with E-state index in [0.29, 0.717) is 16.4 Å². The SMILES string of the molecule is COc1ccc(/C=C/C(=O)OCC(=O)c2ccc(Br)s2)cc1OC. The third kappa shape index (κ3) is 4.94. The van der Waals surface area contributed by atoms with Crippen LogP contribution in [0, 0.1) is 0 Å². The lowest BCUT2D eigenvalue weighted by molar-refractivity contribution is -0.136. The van der Waals surface area contributed by atoms with Crippen LogP contribution in [0.3, 0.4) is 0 Å². The summed E-state index contributed by atoms with van der Waals surface area (Å²) in [6.07, 6.45) is 2.84. The van der Waals surface area contributed by atoms with Crippen molar-refractivity contribution < 1.29 is 23.8 Å². The first-order valence-electron chi connectivity index (χ1n) is 6.89. The first kappa shape index (κ1) is 18.2. The van der Waals surface area contributed by atoms with Crippen molar-refractivity contribution in [1.82, 2.24) is 0 Å². The van der Waals surface area contributed by atoms with Crippen LogP contribution in [0.4, 0.5) is 0 Å². The van der Waals surface area contributed by atoms with E-state index in [1.54, 1.807) is 43.5 Å². The van der Waals surface area contributed by atoms with E-state index < -0.39 is 5.97 Å². The summed E-state index contributed by atoms with van der Waals surface area (Å²) >= 11 is 4.58. The van der Waals surface area contributed by atoms with Gasteiger partial charge in [0.1, 0.15) is 0 Å². The molecule has 2 aromatic rings. The lowest BCUT2D eigenvalue weighted by Gasteiger charge is -2.07. The van der Waals surface area contributed by atoms with Crippen LogP contribution in [0.5, 0.6) is 11.5 Å². The van der Waals surface area contributed by atoms with Crippen LogP contribution in [0.1, 0.15) is 15.2 Å². The van der Waals surface area contributed by atoms with E-state index in [9.17, 15) is 9.59 Å². The van der Waals surface area contributed by atoms with Crippen molar-refractivity contribution in [3.8, 4) is 11.5 Å². The zero-order valence-electron chi connectivity index (χ0n) is 13.1. The molecule has 0 fully saturated rings. The number of hydrogen-bond donors (Lipinski definition) is 0. The molecular formula is C17H15BrO5S. The van der Waals surface area contributed by atoms with Gasteiger partial charge in [0.15, 0.2) is 18.1 Å². The van der Waals surface area contributed by atoms with Crippen molar-refractivity contribution >= 4 is 45.1 Å². The number of benzene rings is 1. The third-order valence-electron chi connectivity index (χ3n) is 3.01. The number of ketones is 1. The fraction of sp³-hybridized carbons (Fsp3) is 0.176.